The van der Waals surface area contributed by atoms with Crippen LogP contribution in [0.1, 0.15) is 30.9 Å². The lowest BCUT2D eigenvalue weighted by atomic mass is 10.1. The van der Waals surface area contributed by atoms with Gasteiger partial charge in [0.1, 0.15) is 5.84 Å². The number of benzene rings is 1. The molecule has 1 aromatic carbocycles. The summed E-state index contributed by atoms with van der Waals surface area (Å²) < 4.78 is 0. The number of nitrogens with two attached hydrogens (primary N) is 1. The van der Waals surface area contributed by atoms with Crippen molar-refractivity contribution in [2.45, 2.75) is 32.7 Å². The molecule has 0 radical (unpaired) electrons. The average molecular weight is 274 g/mol. The second-order valence-corrected chi connectivity index (χ2v) is 5.74. The van der Waals surface area contributed by atoms with Crippen molar-refractivity contribution in [2.75, 3.05) is 31.6 Å². The Kier molecular flexibility index (Phi) is 4.65. The second kappa shape index (κ2) is 6.27. The van der Waals surface area contributed by atoms with Gasteiger partial charge in [-0.2, -0.15) is 0 Å². The third-order valence-corrected chi connectivity index (χ3v) is 4.24. The van der Waals surface area contributed by atoms with Crippen molar-refractivity contribution in [1.29, 1.82) is 5.41 Å². The molecule has 110 valence electrons. The molecule has 1 unspecified atom stereocenters. The van der Waals surface area contributed by atoms with Gasteiger partial charge < -0.3 is 10.6 Å². The molecule has 4 heteroatoms. The van der Waals surface area contributed by atoms with Gasteiger partial charge in [0.15, 0.2) is 0 Å². The van der Waals surface area contributed by atoms with Crippen molar-refractivity contribution in [2.24, 2.45) is 5.73 Å². The molecule has 0 saturated carbocycles. The number of anilines is 1. The van der Waals surface area contributed by atoms with Gasteiger partial charge in [0.05, 0.1) is 0 Å². The first-order valence-corrected chi connectivity index (χ1v) is 7.43. The summed E-state index contributed by atoms with van der Waals surface area (Å²) in [6.07, 6.45) is 2.55. The van der Waals surface area contributed by atoms with Gasteiger partial charge in [-0.3, -0.25) is 10.3 Å². The van der Waals surface area contributed by atoms with Crippen LogP contribution in [0.25, 0.3) is 0 Å². The molecule has 4 nitrogen and oxygen atoms in total. The fourth-order valence-electron chi connectivity index (χ4n) is 3.12. The second-order valence-electron chi connectivity index (χ2n) is 5.74. The third kappa shape index (κ3) is 3.12. The minimum absolute atomic E-state index is 0.144. The molecule has 1 atom stereocenters. The van der Waals surface area contributed by atoms with Crippen molar-refractivity contribution in [1.82, 2.24) is 4.90 Å². The lowest BCUT2D eigenvalue weighted by Gasteiger charge is -2.30. The van der Waals surface area contributed by atoms with E-state index in [4.69, 9.17) is 11.1 Å². The summed E-state index contributed by atoms with van der Waals surface area (Å²) in [5.74, 6) is 0.144. The molecular formula is C16H26N4. The molecule has 1 fully saturated rings. The summed E-state index contributed by atoms with van der Waals surface area (Å²) in [6.45, 7) is 7.63. The maximum absolute atomic E-state index is 7.74. The number of hydrogen-bond donors (Lipinski definition) is 2. The smallest absolute Gasteiger partial charge is 0.124 e. The maximum atomic E-state index is 7.74. The summed E-state index contributed by atoms with van der Waals surface area (Å²) >= 11 is 0. The molecule has 20 heavy (non-hydrogen) atoms. The number of nitrogens with one attached hydrogen (secondary N) is 1. The molecule has 1 saturated heterocycles. The van der Waals surface area contributed by atoms with E-state index in [0.29, 0.717) is 6.04 Å². The molecule has 2 rings (SSSR count). The fourth-order valence-corrected chi connectivity index (χ4v) is 3.12. The first-order chi connectivity index (χ1) is 9.52. The molecule has 0 amide bonds. The van der Waals surface area contributed by atoms with E-state index in [1.165, 1.54) is 24.9 Å². The summed E-state index contributed by atoms with van der Waals surface area (Å²) in [4.78, 5) is 4.79. The van der Waals surface area contributed by atoms with Crippen LogP contribution in [0.3, 0.4) is 0 Å². The summed E-state index contributed by atoms with van der Waals surface area (Å²) in [6, 6.07) is 6.71. The van der Waals surface area contributed by atoms with Gasteiger partial charge in [-0.25, -0.2) is 0 Å². The van der Waals surface area contributed by atoms with Crippen molar-refractivity contribution in [3.63, 3.8) is 0 Å². The van der Waals surface area contributed by atoms with Crippen LogP contribution in [0, 0.1) is 12.3 Å². The first kappa shape index (κ1) is 14.9. The number of nitrogens with zero attached hydrogens (tertiary/aromatic N) is 2. The fraction of sp³-hybridized carbons (Fsp3) is 0.562. The molecule has 0 spiro atoms. The largest absolute Gasteiger partial charge is 0.384 e. The zero-order valence-corrected chi connectivity index (χ0v) is 12.8. The number of nitrogen functional groups attached to an aromatic ring is 1. The van der Waals surface area contributed by atoms with Crippen molar-refractivity contribution in [3.05, 3.63) is 29.3 Å². The summed E-state index contributed by atoms with van der Waals surface area (Å²) in [7, 11) is 2.10. The quantitative estimate of drug-likeness (QED) is 0.639. The predicted octanol–water partition coefficient (Wildman–Crippen LogP) is 2.20. The van der Waals surface area contributed by atoms with E-state index in [0.717, 1.165) is 24.3 Å². The molecule has 1 aromatic rings. The van der Waals surface area contributed by atoms with Crippen molar-refractivity contribution < 1.29 is 0 Å². The average Bonchev–Trinajstić information content (AvgIpc) is 2.85. The number of rotatable bonds is 5. The number of likely N-dealkylation sites (N-methyl/N-ethyl adjacent to an activating group) is 2. The molecule has 0 aliphatic carbocycles. The van der Waals surface area contributed by atoms with Crippen molar-refractivity contribution >= 4 is 11.5 Å². The molecule has 1 heterocycles. The molecule has 3 N–H and O–H groups in total. The van der Waals surface area contributed by atoms with E-state index < -0.39 is 0 Å². The number of aryl methyl sites for hydroxylation is 1. The molecule has 1 aliphatic heterocycles. The van der Waals surface area contributed by atoms with Crippen LogP contribution < -0.4 is 10.6 Å². The molecule has 0 bridgehead atoms. The SMILES string of the molecule is CCN1CCCC1CN(C)c1cc(C)ccc1C(=N)N. The molecular weight excluding hydrogens is 248 g/mol. The van der Waals surface area contributed by atoms with Crippen LogP contribution in [0.4, 0.5) is 5.69 Å². The van der Waals surface area contributed by atoms with Gasteiger partial charge in [0.25, 0.3) is 0 Å². The Bertz CT molecular complexity index is 483. The standard InChI is InChI=1S/C16H26N4/c1-4-20-9-5-6-13(20)11-19(3)15-10-12(2)7-8-14(15)16(17)18/h7-8,10,13H,4-6,9,11H2,1-3H3,(H3,17,18). The summed E-state index contributed by atoms with van der Waals surface area (Å²) in [5, 5.41) is 7.74. The lowest BCUT2D eigenvalue weighted by Crippen LogP contribution is -2.39. The van der Waals surface area contributed by atoms with E-state index in [1.54, 1.807) is 0 Å². The Morgan fingerprint density at radius 1 is 1.50 bits per heavy atom. The van der Waals surface area contributed by atoms with Gasteiger partial charge in [0, 0.05) is 30.9 Å². The van der Waals surface area contributed by atoms with Crippen LogP contribution in [0.2, 0.25) is 0 Å². The van der Waals surface area contributed by atoms with Gasteiger partial charge in [-0.1, -0.05) is 13.0 Å². The van der Waals surface area contributed by atoms with Gasteiger partial charge in [-0.15, -0.1) is 0 Å². The molecule has 1 aliphatic rings. The topological polar surface area (TPSA) is 56.4 Å². The highest BCUT2D eigenvalue weighted by atomic mass is 15.2. The van der Waals surface area contributed by atoms with Gasteiger partial charge >= 0.3 is 0 Å². The zero-order chi connectivity index (χ0) is 14.7. The van der Waals surface area contributed by atoms with Gasteiger partial charge in [0.2, 0.25) is 0 Å². The zero-order valence-electron chi connectivity index (χ0n) is 12.8. The van der Waals surface area contributed by atoms with E-state index in [-0.39, 0.29) is 5.84 Å². The Morgan fingerprint density at radius 3 is 2.90 bits per heavy atom. The lowest BCUT2D eigenvalue weighted by molar-refractivity contribution is 0.270. The highest BCUT2D eigenvalue weighted by Crippen LogP contribution is 2.24. The minimum atomic E-state index is 0.144. The Balaban J connectivity index is 2.18. The van der Waals surface area contributed by atoms with E-state index in [2.05, 4.69) is 36.8 Å². The van der Waals surface area contributed by atoms with Crippen LogP contribution in [0.15, 0.2) is 18.2 Å². The van der Waals surface area contributed by atoms with E-state index in [1.807, 2.05) is 12.1 Å². The number of likely N-dealkylation sites (tertiary alicyclic amines) is 1. The van der Waals surface area contributed by atoms with Crippen LogP contribution in [-0.4, -0.2) is 43.5 Å². The predicted molar refractivity (Wildman–Crippen MR) is 85.7 cm³/mol. The highest BCUT2D eigenvalue weighted by Gasteiger charge is 2.24. The number of hydrogen-bond acceptors (Lipinski definition) is 3. The Hall–Kier alpha value is -1.55. The third-order valence-electron chi connectivity index (χ3n) is 4.24. The normalized spacial score (nSPS) is 19.2. The molecule has 0 aromatic heterocycles. The van der Waals surface area contributed by atoms with E-state index in [9.17, 15) is 0 Å². The Morgan fingerprint density at radius 2 is 2.25 bits per heavy atom. The highest BCUT2D eigenvalue weighted by molar-refractivity contribution is 6.00. The number of amidine groups is 1. The van der Waals surface area contributed by atoms with Crippen LogP contribution >= 0.6 is 0 Å². The first-order valence-electron chi connectivity index (χ1n) is 7.43. The van der Waals surface area contributed by atoms with Gasteiger partial charge in [-0.05, 0) is 50.6 Å². The van der Waals surface area contributed by atoms with Crippen LogP contribution in [0.5, 0.6) is 0 Å². The minimum Gasteiger partial charge on any atom is -0.384 e. The summed E-state index contributed by atoms with van der Waals surface area (Å²) in [5.41, 5.74) is 8.82. The monoisotopic (exact) mass is 274 g/mol. The maximum Gasteiger partial charge on any atom is 0.124 e. The Labute approximate surface area is 122 Å². The van der Waals surface area contributed by atoms with Crippen LogP contribution in [-0.2, 0) is 0 Å². The van der Waals surface area contributed by atoms with Crippen molar-refractivity contribution in [3.8, 4) is 0 Å². The van der Waals surface area contributed by atoms with E-state index >= 15 is 0 Å².